The van der Waals surface area contributed by atoms with Crippen LogP contribution in [-0.2, 0) is 9.53 Å². The molecule has 0 aromatic carbocycles. The van der Waals surface area contributed by atoms with E-state index in [1.807, 2.05) is 0 Å². The predicted octanol–water partition coefficient (Wildman–Crippen LogP) is 2.39. The first kappa shape index (κ1) is 25.2. The number of carbonyl (C=O) groups excluding carboxylic acids is 1. The van der Waals surface area contributed by atoms with Gasteiger partial charge in [-0.1, -0.05) is 12.8 Å². The molecule has 26 heavy (non-hydrogen) atoms. The third-order valence-corrected chi connectivity index (χ3v) is 4.60. The highest BCUT2D eigenvalue weighted by atomic mass is 127. The van der Waals surface area contributed by atoms with E-state index in [2.05, 4.69) is 15.6 Å². The number of carbonyl (C=O) groups is 1. The molecule has 1 rings (SSSR count). The van der Waals surface area contributed by atoms with Crippen molar-refractivity contribution in [3.63, 3.8) is 0 Å². The smallest absolute Gasteiger partial charge is 0.385 e. The Morgan fingerprint density at radius 2 is 1.88 bits per heavy atom. The zero-order valence-corrected chi connectivity index (χ0v) is 17.9. The molecule has 2 N–H and O–H groups in total. The molecule has 1 aliphatic carbocycles. The van der Waals surface area contributed by atoms with Gasteiger partial charge in [-0.3, -0.25) is 9.79 Å². The van der Waals surface area contributed by atoms with Crippen LogP contribution in [0.4, 0.5) is 13.2 Å². The number of guanidine groups is 1. The molecule has 0 heterocycles. The second kappa shape index (κ2) is 11.8. The van der Waals surface area contributed by atoms with Gasteiger partial charge >= 0.3 is 6.18 Å². The van der Waals surface area contributed by atoms with E-state index in [4.69, 9.17) is 4.74 Å². The van der Waals surface area contributed by atoms with Crippen molar-refractivity contribution in [2.24, 2.45) is 10.4 Å². The largest absolute Gasteiger partial charge is 0.406 e. The van der Waals surface area contributed by atoms with Crippen molar-refractivity contribution in [3.8, 4) is 0 Å². The number of aliphatic imine (C=N–C) groups is 1. The minimum Gasteiger partial charge on any atom is -0.385 e. The van der Waals surface area contributed by atoms with Crippen molar-refractivity contribution in [2.45, 2.75) is 38.3 Å². The Kier molecular flexibility index (Phi) is 11.5. The minimum absolute atomic E-state index is 0. The number of hydrogen-bond donors (Lipinski definition) is 2. The summed E-state index contributed by atoms with van der Waals surface area (Å²) in [5.41, 5.74) is 0.144. The van der Waals surface area contributed by atoms with Crippen molar-refractivity contribution < 1.29 is 22.7 Å². The third kappa shape index (κ3) is 9.24. The van der Waals surface area contributed by atoms with Crippen LogP contribution in [0.25, 0.3) is 0 Å². The maximum Gasteiger partial charge on any atom is 0.406 e. The fraction of sp³-hybridized carbons (Fsp3) is 0.875. The Morgan fingerprint density at radius 1 is 1.27 bits per heavy atom. The molecule has 0 spiro atoms. The summed E-state index contributed by atoms with van der Waals surface area (Å²) in [4.78, 5) is 16.5. The Balaban J connectivity index is 0.00000625. The molecule has 1 fully saturated rings. The van der Waals surface area contributed by atoms with Gasteiger partial charge in [-0.15, -0.1) is 24.0 Å². The number of ether oxygens (including phenoxy) is 1. The number of methoxy groups -OCH3 is 1. The number of alkyl halides is 3. The highest BCUT2D eigenvalue weighted by Gasteiger charge is 2.34. The predicted molar refractivity (Wildman–Crippen MR) is 106 cm³/mol. The summed E-state index contributed by atoms with van der Waals surface area (Å²) in [6, 6.07) is 0. The fourth-order valence-electron chi connectivity index (χ4n) is 3.10. The summed E-state index contributed by atoms with van der Waals surface area (Å²) in [7, 11) is 4.38. The van der Waals surface area contributed by atoms with Crippen molar-refractivity contribution in [1.29, 1.82) is 0 Å². The quantitative estimate of drug-likeness (QED) is 0.309. The van der Waals surface area contributed by atoms with Gasteiger partial charge in [-0.2, -0.15) is 13.2 Å². The molecular weight excluding hydrogens is 464 g/mol. The summed E-state index contributed by atoms with van der Waals surface area (Å²) in [6.07, 6.45) is 1.11. The van der Waals surface area contributed by atoms with E-state index < -0.39 is 18.6 Å². The fourth-order valence-corrected chi connectivity index (χ4v) is 3.10. The van der Waals surface area contributed by atoms with E-state index >= 15 is 0 Å². The van der Waals surface area contributed by atoms with Gasteiger partial charge in [0.1, 0.15) is 6.54 Å². The van der Waals surface area contributed by atoms with Gasteiger partial charge in [0, 0.05) is 34.4 Å². The molecule has 0 radical (unpaired) electrons. The first-order chi connectivity index (χ1) is 11.7. The normalized spacial score (nSPS) is 16.8. The number of likely N-dealkylation sites (N-methyl/N-ethyl adjacent to an activating group) is 1. The lowest BCUT2D eigenvalue weighted by Gasteiger charge is -2.30. The highest BCUT2D eigenvalue weighted by Crippen LogP contribution is 2.40. The van der Waals surface area contributed by atoms with Crippen LogP contribution in [0, 0.1) is 5.41 Å². The van der Waals surface area contributed by atoms with E-state index in [0.717, 1.165) is 26.3 Å². The number of amides is 1. The maximum absolute atomic E-state index is 12.3. The second-order valence-corrected chi connectivity index (χ2v) is 6.59. The van der Waals surface area contributed by atoms with Gasteiger partial charge in [0.15, 0.2) is 5.96 Å². The Morgan fingerprint density at radius 3 is 2.38 bits per heavy atom. The molecule has 1 amide bonds. The third-order valence-electron chi connectivity index (χ3n) is 4.60. The van der Waals surface area contributed by atoms with Crippen LogP contribution in [-0.4, -0.2) is 70.4 Å². The average Bonchev–Trinajstić information content (AvgIpc) is 3.00. The van der Waals surface area contributed by atoms with Gasteiger partial charge in [0.05, 0.1) is 6.54 Å². The molecule has 0 saturated heterocycles. The Bertz CT molecular complexity index is 455. The summed E-state index contributed by atoms with van der Waals surface area (Å²) in [5.74, 6) is -0.229. The zero-order chi connectivity index (χ0) is 18.9. The molecule has 0 aliphatic heterocycles. The summed E-state index contributed by atoms with van der Waals surface area (Å²) >= 11 is 0. The van der Waals surface area contributed by atoms with Crippen LogP contribution in [0.1, 0.15) is 32.1 Å². The summed E-state index contributed by atoms with van der Waals surface area (Å²) in [5, 5.41) is 5.98. The monoisotopic (exact) mass is 494 g/mol. The van der Waals surface area contributed by atoms with E-state index in [9.17, 15) is 18.0 Å². The van der Waals surface area contributed by atoms with Crippen molar-refractivity contribution in [2.75, 3.05) is 47.4 Å². The van der Waals surface area contributed by atoms with Crippen LogP contribution in [0.5, 0.6) is 0 Å². The van der Waals surface area contributed by atoms with Crippen LogP contribution in [0.2, 0.25) is 0 Å². The molecule has 0 unspecified atom stereocenters. The number of rotatable bonds is 8. The number of nitrogens with one attached hydrogen (secondary N) is 2. The van der Waals surface area contributed by atoms with Gasteiger partial charge in [-0.05, 0) is 24.7 Å². The standard InChI is InChI=1S/C16H29F3N4O2.HI/c1-20-14(21-10-13(24)23(2)12-16(17,18)19)22-11-15(8-9-25-3)6-4-5-7-15;/h4-12H2,1-3H3,(H2,20,21,22);1H. The first-order valence-electron chi connectivity index (χ1n) is 8.45. The molecule has 154 valence electrons. The lowest BCUT2D eigenvalue weighted by molar-refractivity contribution is -0.157. The highest BCUT2D eigenvalue weighted by molar-refractivity contribution is 14.0. The molecule has 6 nitrogen and oxygen atoms in total. The van der Waals surface area contributed by atoms with Crippen LogP contribution in [0.15, 0.2) is 4.99 Å². The lowest BCUT2D eigenvalue weighted by Crippen LogP contribution is -2.47. The zero-order valence-electron chi connectivity index (χ0n) is 15.6. The van der Waals surface area contributed by atoms with Crippen LogP contribution < -0.4 is 10.6 Å². The van der Waals surface area contributed by atoms with Crippen molar-refractivity contribution in [1.82, 2.24) is 15.5 Å². The number of halogens is 4. The molecule has 0 bridgehead atoms. The molecule has 0 aromatic heterocycles. The van der Waals surface area contributed by atoms with Gasteiger partial charge in [0.25, 0.3) is 0 Å². The molecule has 10 heteroatoms. The lowest BCUT2D eigenvalue weighted by atomic mass is 9.83. The molecule has 1 aliphatic rings. The Labute approximate surface area is 170 Å². The van der Waals surface area contributed by atoms with Gasteiger partial charge < -0.3 is 20.3 Å². The SMILES string of the molecule is CN=C(NCC(=O)N(C)CC(F)(F)F)NCC1(CCOC)CCCC1.I. The number of hydrogen-bond acceptors (Lipinski definition) is 3. The van der Waals surface area contributed by atoms with E-state index in [1.54, 1.807) is 14.2 Å². The minimum atomic E-state index is -4.40. The van der Waals surface area contributed by atoms with Gasteiger partial charge in [-0.25, -0.2) is 0 Å². The van der Waals surface area contributed by atoms with E-state index in [0.29, 0.717) is 24.0 Å². The summed E-state index contributed by atoms with van der Waals surface area (Å²) < 4.78 is 42.1. The maximum atomic E-state index is 12.3. The topological polar surface area (TPSA) is 66.0 Å². The van der Waals surface area contributed by atoms with Crippen molar-refractivity contribution >= 4 is 35.8 Å². The average molecular weight is 494 g/mol. The molecule has 0 aromatic rings. The molecule has 1 saturated carbocycles. The van der Waals surface area contributed by atoms with Crippen LogP contribution in [0.3, 0.4) is 0 Å². The first-order valence-corrected chi connectivity index (χ1v) is 8.45. The van der Waals surface area contributed by atoms with E-state index in [1.165, 1.54) is 12.8 Å². The van der Waals surface area contributed by atoms with Crippen molar-refractivity contribution in [3.05, 3.63) is 0 Å². The van der Waals surface area contributed by atoms with Crippen LogP contribution >= 0.6 is 24.0 Å². The number of nitrogens with zero attached hydrogens (tertiary/aromatic N) is 2. The van der Waals surface area contributed by atoms with E-state index in [-0.39, 0.29) is 35.9 Å². The molecule has 0 atom stereocenters. The second-order valence-electron chi connectivity index (χ2n) is 6.59. The summed E-state index contributed by atoms with van der Waals surface area (Å²) in [6.45, 7) is -0.117. The van der Waals surface area contributed by atoms with Gasteiger partial charge in [0.2, 0.25) is 5.91 Å². The molecular formula is C16H30F3IN4O2. The Hall–Kier alpha value is -0.780.